The Bertz CT molecular complexity index is 305. The first-order chi connectivity index (χ1) is 8.44. The van der Waals surface area contributed by atoms with E-state index in [0.717, 1.165) is 25.9 Å². The van der Waals surface area contributed by atoms with Crippen molar-refractivity contribution in [2.24, 2.45) is 17.1 Å². The monoisotopic (exact) mass is 271 g/mol. The number of aliphatic hydroxyl groups excluding tert-OH is 1. The van der Waals surface area contributed by atoms with Crippen molar-refractivity contribution in [2.45, 2.75) is 45.8 Å². The fraction of sp³-hybridized carbons (Fsp3) is 0.923. The molecule has 1 saturated carbocycles. The molecule has 0 amide bonds. The van der Waals surface area contributed by atoms with E-state index in [0.29, 0.717) is 5.75 Å². The Morgan fingerprint density at radius 2 is 2.33 bits per heavy atom. The molecule has 4 unspecified atom stereocenters. The van der Waals surface area contributed by atoms with Crippen molar-refractivity contribution >= 4 is 11.9 Å². The van der Waals surface area contributed by atoms with Crippen LogP contribution in [0, 0.1) is 22.7 Å². The molecule has 1 aliphatic rings. The summed E-state index contributed by atoms with van der Waals surface area (Å²) < 4.78 is 2.19. The second kappa shape index (κ2) is 6.76. The molecule has 0 radical (unpaired) electrons. The number of nitriles is 1. The van der Waals surface area contributed by atoms with Crippen LogP contribution in [-0.4, -0.2) is 40.4 Å². The summed E-state index contributed by atoms with van der Waals surface area (Å²) in [5.41, 5.74) is 5.85. The molecule has 1 rings (SSSR count). The molecule has 4 nitrogen and oxygen atoms in total. The van der Waals surface area contributed by atoms with Crippen molar-refractivity contribution in [3.05, 3.63) is 0 Å². The zero-order valence-corrected chi connectivity index (χ0v) is 12.4. The van der Waals surface area contributed by atoms with Crippen LogP contribution >= 0.6 is 11.9 Å². The average Bonchev–Trinajstić information content (AvgIpc) is 2.35. The van der Waals surface area contributed by atoms with E-state index in [9.17, 15) is 5.11 Å². The predicted octanol–water partition coefficient (Wildman–Crippen LogP) is 1.60. The van der Waals surface area contributed by atoms with Gasteiger partial charge in [-0.15, -0.1) is 0 Å². The molecule has 0 aromatic heterocycles. The molecule has 0 aromatic rings. The highest BCUT2D eigenvalue weighted by molar-refractivity contribution is 7.97. The van der Waals surface area contributed by atoms with Gasteiger partial charge >= 0.3 is 0 Å². The molecular formula is C13H25N3OS. The first-order valence-corrected chi connectivity index (χ1v) is 7.57. The highest BCUT2D eigenvalue weighted by Crippen LogP contribution is 2.49. The highest BCUT2D eigenvalue weighted by atomic mass is 32.2. The third-order valence-electron chi connectivity index (χ3n) is 4.09. The van der Waals surface area contributed by atoms with Gasteiger partial charge in [0.2, 0.25) is 0 Å². The maximum Gasteiger partial charge on any atom is 0.0955 e. The summed E-state index contributed by atoms with van der Waals surface area (Å²) in [5.74, 6) is 0.743. The minimum Gasteiger partial charge on any atom is -0.392 e. The number of rotatable bonds is 7. The SMILES string of the molecule is CCN(CCC1(C)CC(C(C)N)C1O)SCC#N. The van der Waals surface area contributed by atoms with Gasteiger partial charge < -0.3 is 10.8 Å². The maximum absolute atomic E-state index is 10.2. The summed E-state index contributed by atoms with van der Waals surface area (Å²) in [6.45, 7) is 8.04. The largest absolute Gasteiger partial charge is 0.392 e. The standard InChI is InChI=1S/C13H25N3OS/c1-4-16(18-8-6-14)7-5-13(3)9-11(10(2)15)12(13)17/h10-12,17H,4-5,7-9,15H2,1-3H3. The van der Waals surface area contributed by atoms with Gasteiger partial charge in [-0.25, -0.2) is 4.31 Å². The maximum atomic E-state index is 10.2. The van der Waals surface area contributed by atoms with Gasteiger partial charge in [-0.05, 0) is 25.2 Å². The van der Waals surface area contributed by atoms with E-state index in [2.05, 4.69) is 24.2 Å². The molecule has 0 spiro atoms. The molecular weight excluding hydrogens is 246 g/mol. The quantitative estimate of drug-likeness (QED) is 0.688. The molecule has 0 bridgehead atoms. The van der Waals surface area contributed by atoms with Gasteiger partial charge in [0.15, 0.2) is 0 Å². The Morgan fingerprint density at radius 3 is 2.78 bits per heavy atom. The number of hydrogen-bond donors (Lipinski definition) is 2. The van der Waals surface area contributed by atoms with Crippen molar-refractivity contribution in [3.8, 4) is 6.07 Å². The summed E-state index contributed by atoms with van der Waals surface area (Å²) in [6.07, 6.45) is 1.69. The van der Waals surface area contributed by atoms with Crippen LogP contribution < -0.4 is 5.73 Å². The fourth-order valence-corrected chi connectivity index (χ4v) is 3.31. The third-order valence-corrected chi connectivity index (χ3v) is 5.16. The van der Waals surface area contributed by atoms with E-state index in [1.807, 2.05) is 6.92 Å². The van der Waals surface area contributed by atoms with Gasteiger partial charge in [-0.2, -0.15) is 5.26 Å². The third kappa shape index (κ3) is 3.61. The van der Waals surface area contributed by atoms with E-state index in [4.69, 9.17) is 11.0 Å². The second-order valence-electron chi connectivity index (χ2n) is 5.53. The van der Waals surface area contributed by atoms with Crippen LogP contribution in [0.5, 0.6) is 0 Å². The topological polar surface area (TPSA) is 73.3 Å². The Hall–Kier alpha value is -0.280. The van der Waals surface area contributed by atoms with Crippen LogP contribution in [-0.2, 0) is 0 Å². The molecule has 5 heteroatoms. The van der Waals surface area contributed by atoms with Gasteiger partial charge in [0.25, 0.3) is 0 Å². The smallest absolute Gasteiger partial charge is 0.0955 e. The van der Waals surface area contributed by atoms with Gasteiger partial charge in [0, 0.05) is 25.0 Å². The van der Waals surface area contributed by atoms with Crippen molar-refractivity contribution in [1.29, 1.82) is 5.26 Å². The predicted molar refractivity (Wildman–Crippen MR) is 75.8 cm³/mol. The molecule has 104 valence electrons. The van der Waals surface area contributed by atoms with E-state index < -0.39 is 0 Å². The number of nitrogens with two attached hydrogens (primary N) is 1. The zero-order valence-electron chi connectivity index (χ0n) is 11.6. The molecule has 1 aliphatic carbocycles. The van der Waals surface area contributed by atoms with Crippen molar-refractivity contribution in [2.75, 3.05) is 18.8 Å². The Morgan fingerprint density at radius 1 is 1.67 bits per heavy atom. The molecule has 1 fully saturated rings. The lowest BCUT2D eigenvalue weighted by Crippen LogP contribution is -2.57. The number of hydrogen-bond acceptors (Lipinski definition) is 5. The molecule has 18 heavy (non-hydrogen) atoms. The Labute approximate surface area is 115 Å². The Balaban J connectivity index is 2.37. The molecule has 4 atom stereocenters. The highest BCUT2D eigenvalue weighted by Gasteiger charge is 2.50. The minimum absolute atomic E-state index is 0.00107. The molecule has 0 aromatic carbocycles. The van der Waals surface area contributed by atoms with Crippen LogP contribution in [0.25, 0.3) is 0 Å². The number of nitrogens with zero attached hydrogens (tertiary/aromatic N) is 2. The van der Waals surface area contributed by atoms with Gasteiger partial charge in [0.05, 0.1) is 17.9 Å². The summed E-state index contributed by atoms with van der Waals surface area (Å²) >= 11 is 1.57. The van der Waals surface area contributed by atoms with Crippen LogP contribution in [0.2, 0.25) is 0 Å². The van der Waals surface area contributed by atoms with E-state index in [-0.39, 0.29) is 23.5 Å². The van der Waals surface area contributed by atoms with Crippen molar-refractivity contribution < 1.29 is 5.11 Å². The van der Waals surface area contributed by atoms with Crippen LogP contribution in [0.4, 0.5) is 0 Å². The summed E-state index contributed by atoms with van der Waals surface area (Å²) in [5, 5.41) is 18.8. The summed E-state index contributed by atoms with van der Waals surface area (Å²) in [4.78, 5) is 0. The summed E-state index contributed by atoms with van der Waals surface area (Å²) in [6, 6.07) is 2.22. The van der Waals surface area contributed by atoms with Gasteiger partial charge in [-0.3, -0.25) is 0 Å². The second-order valence-corrected chi connectivity index (χ2v) is 6.59. The molecule has 0 saturated heterocycles. The van der Waals surface area contributed by atoms with Crippen molar-refractivity contribution in [3.63, 3.8) is 0 Å². The van der Waals surface area contributed by atoms with Gasteiger partial charge in [0.1, 0.15) is 0 Å². The van der Waals surface area contributed by atoms with Gasteiger partial charge in [-0.1, -0.05) is 25.8 Å². The van der Waals surface area contributed by atoms with E-state index in [1.165, 1.54) is 0 Å². The lowest BCUT2D eigenvalue weighted by atomic mass is 9.57. The van der Waals surface area contributed by atoms with E-state index >= 15 is 0 Å². The summed E-state index contributed by atoms with van der Waals surface area (Å²) in [7, 11) is 0. The first kappa shape index (κ1) is 15.8. The molecule has 0 aliphatic heterocycles. The number of aliphatic hydroxyl groups is 1. The molecule has 3 N–H and O–H groups in total. The normalized spacial score (nSPS) is 32.9. The zero-order chi connectivity index (χ0) is 13.8. The fourth-order valence-electron chi connectivity index (χ4n) is 2.66. The van der Waals surface area contributed by atoms with Crippen LogP contribution in [0.1, 0.15) is 33.6 Å². The van der Waals surface area contributed by atoms with Crippen LogP contribution in [0.15, 0.2) is 0 Å². The Kier molecular flexibility index (Phi) is 5.93. The minimum atomic E-state index is -0.280. The van der Waals surface area contributed by atoms with E-state index in [1.54, 1.807) is 11.9 Å². The lowest BCUT2D eigenvalue weighted by Gasteiger charge is -2.52. The first-order valence-electron chi connectivity index (χ1n) is 6.63. The van der Waals surface area contributed by atoms with Crippen LogP contribution in [0.3, 0.4) is 0 Å². The average molecular weight is 271 g/mol. The lowest BCUT2D eigenvalue weighted by molar-refractivity contribution is -0.122. The van der Waals surface area contributed by atoms with Crippen molar-refractivity contribution in [1.82, 2.24) is 4.31 Å². The molecule has 0 heterocycles.